The highest BCUT2D eigenvalue weighted by Crippen LogP contribution is 2.65. The lowest BCUT2D eigenvalue weighted by atomic mass is 9.70. The third-order valence-electron chi connectivity index (χ3n) is 6.33. The fourth-order valence-corrected chi connectivity index (χ4v) is 4.31. The van der Waals surface area contributed by atoms with Gasteiger partial charge in [-0.1, -0.05) is 32.9 Å². The molecule has 118 valence electrons. The second kappa shape index (κ2) is 4.55. The Balaban J connectivity index is 2.03. The third-order valence-corrected chi connectivity index (χ3v) is 6.33. The van der Waals surface area contributed by atoms with Crippen LogP contribution in [0.25, 0.3) is 6.08 Å². The Morgan fingerprint density at radius 3 is 2.41 bits per heavy atom. The molecule has 1 aromatic carbocycles. The van der Waals surface area contributed by atoms with Crippen LogP contribution < -0.4 is 4.48 Å². The van der Waals surface area contributed by atoms with Crippen molar-refractivity contribution < 1.29 is 4.79 Å². The van der Waals surface area contributed by atoms with E-state index in [9.17, 15) is 4.79 Å². The van der Waals surface area contributed by atoms with Crippen molar-refractivity contribution in [3.05, 3.63) is 35.4 Å². The summed E-state index contributed by atoms with van der Waals surface area (Å²) in [6.45, 7) is 6.70. The quantitative estimate of drug-likeness (QED) is 0.588. The van der Waals surface area contributed by atoms with Crippen LogP contribution in [0.15, 0.2) is 29.8 Å². The zero-order chi connectivity index (χ0) is 16.3. The minimum absolute atomic E-state index is 0.0909. The molecule has 2 saturated carbocycles. The Morgan fingerprint density at radius 1 is 1.18 bits per heavy atom. The molecule has 2 bridgehead atoms. The van der Waals surface area contributed by atoms with Crippen LogP contribution in [0.2, 0.25) is 0 Å². The number of nitrogens with zero attached hydrogens (tertiary/aromatic N) is 1. The van der Waals surface area contributed by atoms with Gasteiger partial charge in [-0.2, -0.15) is 0 Å². The summed E-state index contributed by atoms with van der Waals surface area (Å²) >= 11 is 0. The van der Waals surface area contributed by atoms with Gasteiger partial charge in [0.25, 0.3) is 0 Å². The molecule has 0 saturated heterocycles. The van der Waals surface area contributed by atoms with Gasteiger partial charge in [-0.05, 0) is 47.5 Å². The minimum Gasteiger partial charge on any atom is -0.298 e. The van der Waals surface area contributed by atoms with Crippen molar-refractivity contribution in [1.29, 1.82) is 0 Å². The predicted molar refractivity (Wildman–Crippen MR) is 93.6 cm³/mol. The van der Waals surface area contributed by atoms with Gasteiger partial charge in [0.1, 0.15) is 5.69 Å². The van der Waals surface area contributed by atoms with Crippen LogP contribution >= 0.6 is 0 Å². The van der Waals surface area contributed by atoms with Crippen LogP contribution in [0.3, 0.4) is 0 Å². The van der Waals surface area contributed by atoms with E-state index in [2.05, 4.69) is 72.3 Å². The molecule has 2 aliphatic carbocycles. The SMILES string of the molecule is CC12CCC(C(=Cc3cccc([N+](C)(C)C)c3)C1=O)C2(C)C. The second-order valence-electron chi connectivity index (χ2n) is 8.68. The molecule has 0 amide bonds. The van der Waals surface area contributed by atoms with E-state index in [-0.39, 0.29) is 10.8 Å². The maximum absolute atomic E-state index is 12.9. The van der Waals surface area contributed by atoms with Gasteiger partial charge in [0.2, 0.25) is 0 Å². The first-order chi connectivity index (χ1) is 10.1. The molecule has 0 heterocycles. The van der Waals surface area contributed by atoms with Gasteiger partial charge >= 0.3 is 0 Å². The number of hydrogen-bond acceptors (Lipinski definition) is 1. The molecule has 2 fully saturated rings. The van der Waals surface area contributed by atoms with Crippen LogP contribution in [0, 0.1) is 16.7 Å². The van der Waals surface area contributed by atoms with E-state index >= 15 is 0 Å². The van der Waals surface area contributed by atoms with E-state index in [0.29, 0.717) is 11.7 Å². The minimum atomic E-state index is -0.165. The predicted octanol–water partition coefficient (Wildman–Crippen LogP) is 4.29. The molecular formula is C20H28NO+. The number of rotatable bonds is 2. The summed E-state index contributed by atoms with van der Waals surface area (Å²) < 4.78 is 0.789. The van der Waals surface area contributed by atoms with Crippen molar-refractivity contribution in [3.63, 3.8) is 0 Å². The summed E-state index contributed by atoms with van der Waals surface area (Å²) in [5.74, 6) is 0.794. The Bertz CT molecular complexity index is 663. The molecular weight excluding hydrogens is 270 g/mol. The van der Waals surface area contributed by atoms with Crippen LogP contribution in [0.1, 0.15) is 39.2 Å². The Morgan fingerprint density at radius 2 is 1.86 bits per heavy atom. The van der Waals surface area contributed by atoms with Gasteiger partial charge in [-0.15, -0.1) is 0 Å². The Hall–Kier alpha value is -1.41. The highest BCUT2D eigenvalue weighted by Gasteiger charge is 2.63. The number of Topliss-reactive ketones (excluding diaryl/α,β-unsaturated/α-hetero) is 1. The summed E-state index contributed by atoms with van der Waals surface area (Å²) in [6, 6.07) is 8.56. The molecule has 2 heteroatoms. The maximum Gasteiger partial charge on any atom is 0.165 e. The van der Waals surface area contributed by atoms with E-state index in [0.717, 1.165) is 28.5 Å². The van der Waals surface area contributed by atoms with Crippen molar-refractivity contribution in [3.8, 4) is 0 Å². The molecule has 2 unspecified atom stereocenters. The normalized spacial score (nSPS) is 32.0. The van der Waals surface area contributed by atoms with Crippen LogP contribution in [0.4, 0.5) is 5.69 Å². The fourth-order valence-electron chi connectivity index (χ4n) is 4.31. The van der Waals surface area contributed by atoms with Crippen molar-refractivity contribution in [2.24, 2.45) is 16.7 Å². The Kier molecular flexibility index (Phi) is 3.20. The number of ketones is 1. The number of allylic oxidation sites excluding steroid dienone is 1. The van der Waals surface area contributed by atoms with Crippen LogP contribution in [-0.2, 0) is 4.79 Å². The fraction of sp³-hybridized carbons (Fsp3) is 0.550. The van der Waals surface area contributed by atoms with E-state index < -0.39 is 0 Å². The standard InChI is InChI=1S/C20H28NO/c1-19(2)17-10-11-20(19,3)18(22)16(17)13-14-8-7-9-15(12-14)21(4,5)6/h7-9,12-13,17H,10-11H2,1-6H3/q+1. The molecule has 2 atom stereocenters. The van der Waals surface area contributed by atoms with Crippen LogP contribution in [0.5, 0.6) is 0 Å². The average Bonchev–Trinajstić information content (AvgIpc) is 2.73. The van der Waals surface area contributed by atoms with Crippen molar-refractivity contribution >= 4 is 17.5 Å². The third kappa shape index (κ3) is 2.00. The molecule has 3 rings (SSSR count). The number of fused-ring (bicyclic) bond motifs is 2. The highest BCUT2D eigenvalue weighted by atomic mass is 16.1. The summed E-state index contributed by atoms with van der Waals surface area (Å²) in [7, 11) is 6.50. The van der Waals surface area contributed by atoms with E-state index in [1.807, 2.05) is 0 Å². The lowest BCUT2D eigenvalue weighted by Crippen LogP contribution is -2.34. The summed E-state index contributed by atoms with van der Waals surface area (Å²) in [4.78, 5) is 12.9. The van der Waals surface area contributed by atoms with Crippen molar-refractivity contribution in [2.45, 2.75) is 33.6 Å². The Labute approximate surface area is 134 Å². The van der Waals surface area contributed by atoms with E-state index in [1.54, 1.807) is 0 Å². The van der Waals surface area contributed by atoms with E-state index in [1.165, 1.54) is 5.69 Å². The molecule has 0 aliphatic heterocycles. The van der Waals surface area contributed by atoms with Gasteiger partial charge < -0.3 is 0 Å². The molecule has 2 nitrogen and oxygen atoms in total. The average molecular weight is 298 g/mol. The summed E-state index contributed by atoms with van der Waals surface area (Å²) in [5.41, 5.74) is 3.39. The second-order valence-corrected chi connectivity index (χ2v) is 8.68. The zero-order valence-corrected chi connectivity index (χ0v) is 14.7. The first-order valence-electron chi connectivity index (χ1n) is 8.26. The molecule has 0 aromatic heterocycles. The number of benzene rings is 1. The molecule has 1 aromatic rings. The number of carbonyl (C=O) groups excluding carboxylic acids is 1. The zero-order valence-electron chi connectivity index (χ0n) is 14.7. The lowest BCUT2D eigenvalue weighted by molar-refractivity contribution is -0.125. The lowest BCUT2D eigenvalue weighted by Gasteiger charge is -2.31. The topological polar surface area (TPSA) is 17.1 Å². The van der Waals surface area contributed by atoms with Gasteiger partial charge in [-0.3, -0.25) is 9.28 Å². The molecule has 0 N–H and O–H groups in total. The maximum atomic E-state index is 12.9. The van der Waals surface area contributed by atoms with Crippen molar-refractivity contribution in [1.82, 2.24) is 4.48 Å². The van der Waals surface area contributed by atoms with Gasteiger partial charge in [0.05, 0.1) is 21.1 Å². The largest absolute Gasteiger partial charge is 0.298 e. The number of carbonyl (C=O) groups is 1. The number of hydrogen-bond donors (Lipinski definition) is 0. The van der Waals surface area contributed by atoms with Gasteiger partial charge in [0, 0.05) is 11.5 Å². The van der Waals surface area contributed by atoms with Crippen molar-refractivity contribution in [2.75, 3.05) is 21.1 Å². The molecule has 2 aliphatic rings. The smallest absolute Gasteiger partial charge is 0.165 e. The monoisotopic (exact) mass is 298 g/mol. The molecule has 0 spiro atoms. The van der Waals surface area contributed by atoms with Gasteiger partial charge in [-0.25, -0.2) is 0 Å². The molecule has 0 radical (unpaired) electrons. The van der Waals surface area contributed by atoms with E-state index in [4.69, 9.17) is 0 Å². The number of quaternary nitrogens is 1. The first-order valence-corrected chi connectivity index (χ1v) is 8.26. The summed E-state index contributed by atoms with van der Waals surface area (Å²) in [5, 5.41) is 0. The van der Waals surface area contributed by atoms with Crippen LogP contribution in [-0.4, -0.2) is 26.9 Å². The van der Waals surface area contributed by atoms with Gasteiger partial charge in [0.15, 0.2) is 5.78 Å². The molecule has 22 heavy (non-hydrogen) atoms. The first kappa shape index (κ1) is 15.5. The summed E-state index contributed by atoms with van der Waals surface area (Å²) in [6.07, 6.45) is 4.34. The highest BCUT2D eigenvalue weighted by molar-refractivity contribution is 6.08.